The Labute approximate surface area is 192 Å². The van der Waals surface area contributed by atoms with Gasteiger partial charge in [-0.1, -0.05) is 53.8 Å². The molecule has 0 bridgehead atoms. The highest BCUT2D eigenvalue weighted by Gasteiger charge is 2.29. The number of sulfonamides is 1. The highest BCUT2D eigenvalue weighted by Crippen LogP contribution is 2.25. The number of aromatic nitrogens is 1. The third-order valence-corrected chi connectivity index (χ3v) is 7.97. The fourth-order valence-electron chi connectivity index (χ4n) is 3.63. The Hall–Kier alpha value is -2.75. The van der Waals surface area contributed by atoms with E-state index in [-0.39, 0.29) is 11.8 Å². The van der Waals surface area contributed by atoms with Crippen molar-refractivity contribution in [3.63, 3.8) is 0 Å². The summed E-state index contributed by atoms with van der Waals surface area (Å²) >= 11 is 1.59. The lowest BCUT2D eigenvalue weighted by Gasteiger charge is -2.29. The summed E-state index contributed by atoms with van der Waals surface area (Å²) in [4.78, 5) is 17.0. The number of nitrogens with zero attached hydrogens (tertiary/aromatic N) is 2. The Bertz CT molecular complexity index is 1150. The molecule has 1 aromatic heterocycles. The van der Waals surface area contributed by atoms with Crippen molar-refractivity contribution in [2.75, 3.05) is 31.5 Å². The first kappa shape index (κ1) is 22.4. The largest absolute Gasteiger partial charge is 0.360 e. The maximum absolute atomic E-state index is 12.6. The van der Waals surface area contributed by atoms with Gasteiger partial charge in [0, 0.05) is 37.5 Å². The van der Waals surface area contributed by atoms with Crippen LogP contribution >= 0.6 is 11.3 Å². The average molecular weight is 471 g/mol. The lowest BCUT2D eigenvalue weighted by Crippen LogP contribution is -2.43. The van der Waals surface area contributed by atoms with Gasteiger partial charge in [-0.15, -0.1) is 0 Å². The van der Waals surface area contributed by atoms with Crippen LogP contribution in [0.4, 0.5) is 5.13 Å². The standard InChI is InChI=1S/C23H26N4O3S2/c28-22(24-13-14-25-23-26-20-8-4-5-9-21(20)31-23)19-10-15-27(16-11-19)32(29,30)17-12-18-6-2-1-3-7-18/h1-9,12,17,19H,10-11,13-16H2,(H,24,28)(H,25,26)/b17-12+. The Balaban J connectivity index is 1.19. The monoisotopic (exact) mass is 470 g/mol. The molecule has 32 heavy (non-hydrogen) atoms. The van der Waals surface area contributed by atoms with Crippen molar-refractivity contribution in [3.05, 3.63) is 65.6 Å². The molecule has 7 nitrogen and oxygen atoms in total. The minimum absolute atomic E-state index is 0.0204. The zero-order chi connectivity index (χ0) is 22.4. The molecule has 0 saturated carbocycles. The second-order valence-corrected chi connectivity index (χ2v) is 10.5. The molecule has 9 heteroatoms. The molecule has 1 aliphatic heterocycles. The summed E-state index contributed by atoms with van der Waals surface area (Å²) in [6, 6.07) is 17.3. The second-order valence-electron chi connectivity index (χ2n) is 7.64. The van der Waals surface area contributed by atoms with Gasteiger partial charge in [0.05, 0.1) is 10.2 Å². The number of hydrogen-bond acceptors (Lipinski definition) is 6. The molecule has 0 unspecified atom stereocenters. The zero-order valence-electron chi connectivity index (χ0n) is 17.6. The quantitative estimate of drug-likeness (QED) is 0.492. The van der Waals surface area contributed by atoms with Crippen molar-refractivity contribution in [2.45, 2.75) is 12.8 Å². The van der Waals surface area contributed by atoms with E-state index >= 15 is 0 Å². The van der Waals surface area contributed by atoms with Gasteiger partial charge in [-0.2, -0.15) is 4.31 Å². The molecule has 1 fully saturated rings. The summed E-state index contributed by atoms with van der Waals surface area (Å²) < 4.78 is 27.7. The fourth-order valence-corrected chi connectivity index (χ4v) is 5.75. The summed E-state index contributed by atoms with van der Waals surface area (Å²) in [6.45, 7) is 1.78. The third kappa shape index (κ3) is 5.73. The van der Waals surface area contributed by atoms with Crippen LogP contribution in [0.5, 0.6) is 0 Å². The lowest BCUT2D eigenvalue weighted by atomic mass is 9.97. The Morgan fingerprint density at radius 3 is 2.53 bits per heavy atom. The van der Waals surface area contributed by atoms with Crippen molar-refractivity contribution in [1.82, 2.24) is 14.6 Å². The number of anilines is 1. The predicted molar refractivity (Wildman–Crippen MR) is 130 cm³/mol. The molecule has 1 saturated heterocycles. The Morgan fingerprint density at radius 2 is 1.78 bits per heavy atom. The Morgan fingerprint density at radius 1 is 1.06 bits per heavy atom. The normalized spacial score (nSPS) is 15.9. The van der Waals surface area contributed by atoms with E-state index in [1.807, 2.05) is 54.6 Å². The van der Waals surface area contributed by atoms with Gasteiger partial charge in [-0.05, 0) is 36.6 Å². The van der Waals surface area contributed by atoms with Crippen LogP contribution < -0.4 is 10.6 Å². The van der Waals surface area contributed by atoms with Crippen LogP contribution in [0.1, 0.15) is 18.4 Å². The molecule has 4 rings (SSSR count). The highest BCUT2D eigenvalue weighted by molar-refractivity contribution is 7.92. The Kier molecular flexibility index (Phi) is 7.19. The van der Waals surface area contributed by atoms with Crippen LogP contribution in [-0.4, -0.2) is 49.8 Å². The molecule has 0 atom stereocenters. The summed E-state index contributed by atoms with van der Waals surface area (Å²) in [5.41, 5.74) is 1.80. The summed E-state index contributed by atoms with van der Waals surface area (Å²) in [5, 5.41) is 8.28. The van der Waals surface area contributed by atoms with E-state index in [1.165, 1.54) is 9.71 Å². The number of carbonyl (C=O) groups excluding carboxylic acids is 1. The molecule has 2 N–H and O–H groups in total. The lowest BCUT2D eigenvalue weighted by molar-refractivity contribution is -0.126. The van der Waals surface area contributed by atoms with Gasteiger partial charge in [0.15, 0.2) is 5.13 Å². The van der Waals surface area contributed by atoms with Crippen molar-refractivity contribution < 1.29 is 13.2 Å². The number of benzene rings is 2. The molecule has 0 radical (unpaired) electrons. The minimum Gasteiger partial charge on any atom is -0.360 e. The van der Waals surface area contributed by atoms with Crippen LogP contribution in [0.15, 0.2) is 60.0 Å². The fraction of sp³-hybridized carbons (Fsp3) is 0.304. The van der Waals surface area contributed by atoms with Crippen molar-refractivity contribution in [2.24, 2.45) is 5.92 Å². The molecule has 168 valence electrons. The number of piperidine rings is 1. The summed E-state index contributed by atoms with van der Waals surface area (Å²) in [5.74, 6) is -0.185. The van der Waals surface area contributed by atoms with E-state index in [0.717, 1.165) is 20.9 Å². The molecular weight excluding hydrogens is 444 g/mol. The maximum Gasteiger partial charge on any atom is 0.236 e. The maximum atomic E-state index is 12.6. The number of rotatable bonds is 8. The van der Waals surface area contributed by atoms with E-state index in [0.29, 0.717) is 39.0 Å². The first-order valence-corrected chi connectivity index (χ1v) is 12.9. The van der Waals surface area contributed by atoms with E-state index < -0.39 is 10.0 Å². The molecule has 0 aliphatic carbocycles. The number of para-hydroxylation sites is 1. The molecule has 3 aromatic rings. The van der Waals surface area contributed by atoms with Crippen LogP contribution in [0.25, 0.3) is 16.3 Å². The van der Waals surface area contributed by atoms with Crippen molar-refractivity contribution in [3.8, 4) is 0 Å². The number of carbonyl (C=O) groups is 1. The van der Waals surface area contributed by atoms with E-state index in [9.17, 15) is 13.2 Å². The zero-order valence-corrected chi connectivity index (χ0v) is 19.2. The third-order valence-electron chi connectivity index (χ3n) is 5.41. The summed E-state index contributed by atoms with van der Waals surface area (Å²) in [7, 11) is -3.49. The van der Waals surface area contributed by atoms with Gasteiger partial charge in [0.2, 0.25) is 15.9 Å². The van der Waals surface area contributed by atoms with Gasteiger partial charge in [-0.25, -0.2) is 13.4 Å². The van der Waals surface area contributed by atoms with E-state index in [1.54, 1.807) is 17.4 Å². The molecule has 2 heterocycles. The second kappa shape index (κ2) is 10.2. The van der Waals surface area contributed by atoms with Gasteiger partial charge in [-0.3, -0.25) is 4.79 Å². The number of fused-ring (bicyclic) bond motifs is 1. The minimum atomic E-state index is -3.49. The molecule has 1 amide bonds. The van der Waals surface area contributed by atoms with Crippen LogP contribution in [0.2, 0.25) is 0 Å². The predicted octanol–water partition coefficient (Wildman–Crippen LogP) is 3.54. The number of thiazole rings is 1. The van der Waals surface area contributed by atoms with Crippen LogP contribution in [0, 0.1) is 5.92 Å². The molecular formula is C23H26N4O3S2. The molecule has 0 spiro atoms. The first-order chi connectivity index (χ1) is 15.5. The smallest absolute Gasteiger partial charge is 0.236 e. The van der Waals surface area contributed by atoms with Gasteiger partial charge < -0.3 is 10.6 Å². The number of nitrogens with one attached hydrogen (secondary N) is 2. The molecule has 2 aromatic carbocycles. The summed E-state index contributed by atoms with van der Waals surface area (Å²) in [6.07, 6.45) is 2.65. The molecule has 1 aliphatic rings. The van der Waals surface area contributed by atoms with E-state index in [2.05, 4.69) is 15.6 Å². The average Bonchev–Trinajstić information content (AvgIpc) is 3.24. The number of hydrogen-bond donors (Lipinski definition) is 2. The topological polar surface area (TPSA) is 91.4 Å². The SMILES string of the molecule is O=C(NCCNc1nc2ccccc2s1)C1CCN(S(=O)(=O)/C=C/c2ccccc2)CC1. The number of amides is 1. The van der Waals surface area contributed by atoms with Crippen LogP contribution in [-0.2, 0) is 14.8 Å². The van der Waals surface area contributed by atoms with Gasteiger partial charge in [0.1, 0.15) is 0 Å². The van der Waals surface area contributed by atoms with Gasteiger partial charge >= 0.3 is 0 Å². The highest BCUT2D eigenvalue weighted by atomic mass is 32.2. The van der Waals surface area contributed by atoms with Crippen molar-refractivity contribution >= 4 is 48.7 Å². The van der Waals surface area contributed by atoms with Gasteiger partial charge in [0.25, 0.3) is 0 Å². The van der Waals surface area contributed by atoms with Crippen LogP contribution in [0.3, 0.4) is 0 Å². The first-order valence-electron chi connectivity index (χ1n) is 10.6. The van der Waals surface area contributed by atoms with Crippen molar-refractivity contribution in [1.29, 1.82) is 0 Å². The van der Waals surface area contributed by atoms with E-state index in [4.69, 9.17) is 0 Å².